The van der Waals surface area contributed by atoms with Gasteiger partial charge in [-0.3, -0.25) is 24.3 Å². The normalized spacial score (nSPS) is 16.9. The SMILES string of the molecule is COC(=O)CCCCOc1cc(COc2cc3c(cc2C)C(=O)N2c4ccccc4C[C@H]2C=N3)cc(COc2cc3c(cc2OC)C(=O)N2c4ccccc4C[C@H]2CN3)c1. The molecule has 4 heterocycles. The number of unbranched alkanes of at least 4 members (excludes halogenated alkanes) is 1. The van der Waals surface area contributed by atoms with E-state index in [9.17, 15) is 14.4 Å². The highest BCUT2D eigenvalue weighted by atomic mass is 16.5. The van der Waals surface area contributed by atoms with Crippen molar-refractivity contribution < 1.29 is 38.1 Å². The molecule has 0 aliphatic carbocycles. The maximum atomic E-state index is 14.0. The maximum Gasteiger partial charge on any atom is 0.305 e. The topological polar surface area (TPSA) is 128 Å². The van der Waals surface area contributed by atoms with Gasteiger partial charge in [0.25, 0.3) is 11.8 Å². The van der Waals surface area contributed by atoms with Gasteiger partial charge in [-0.25, -0.2) is 0 Å². The fourth-order valence-electron chi connectivity index (χ4n) is 8.58. The number of methoxy groups -OCH3 is 2. The van der Waals surface area contributed by atoms with Gasteiger partial charge in [-0.2, -0.15) is 0 Å². The number of benzene rings is 5. The van der Waals surface area contributed by atoms with E-state index in [2.05, 4.69) is 17.4 Å². The molecule has 4 aliphatic heterocycles. The Morgan fingerprint density at radius 2 is 1.45 bits per heavy atom. The zero-order chi connectivity index (χ0) is 41.3. The smallest absolute Gasteiger partial charge is 0.305 e. The fraction of sp³-hybridized carbons (Fsp3) is 0.292. The standard InChI is InChI=1S/C48H46N4O8/c1-29-16-37-39(49-25-34-20-32-10-4-6-12-41(32)51(34)47(37)54)23-43(29)59-27-30-17-31(19-36(18-30)58-15-9-8-14-46(53)57-3)28-60-45-24-40-38(22-44(45)56-2)48(55)52-35(26-50-40)21-33-11-5-7-13-42(33)52/h4-7,10-13,16-19,22-25,34-35,50H,8-9,14-15,20-21,26-28H2,1-3H3/t34-,35-/m0/s1. The van der Waals surface area contributed by atoms with Crippen molar-refractivity contribution in [1.29, 1.82) is 0 Å². The summed E-state index contributed by atoms with van der Waals surface area (Å²) in [5.74, 6) is 1.78. The summed E-state index contributed by atoms with van der Waals surface area (Å²) in [5.41, 5.74) is 8.97. The number of rotatable bonds is 13. The highest BCUT2D eigenvalue weighted by Crippen LogP contribution is 2.42. The summed E-state index contributed by atoms with van der Waals surface area (Å²) < 4.78 is 29.6. The number of anilines is 3. The minimum atomic E-state index is -0.249. The van der Waals surface area contributed by atoms with Crippen LogP contribution in [0.5, 0.6) is 23.0 Å². The van der Waals surface area contributed by atoms with E-state index in [0.29, 0.717) is 77.9 Å². The molecule has 0 aromatic heterocycles. The average molecular weight is 807 g/mol. The molecule has 0 saturated carbocycles. The van der Waals surface area contributed by atoms with Gasteiger partial charge in [0.2, 0.25) is 0 Å². The Hall–Kier alpha value is -6.82. The van der Waals surface area contributed by atoms with E-state index in [-0.39, 0.29) is 43.1 Å². The van der Waals surface area contributed by atoms with E-state index in [1.165, 1.54) is 7.11 Å². The van der Waals surface area contributed by atoms with E-state index in [0.717, 1.165) is 52.0 Å². The van der Waals surface area contributed by atoms with Crippen LogP contribution in [-0.4, -0.2) is 63.5 Å². The Morgan fingerprint density at radius 1 is 0.750 bits per heavy atom. The molecule has 12 nitrogen and oxygen atoms in total. The van der Waals surface area contributed by atoms with Gasteiger partial charge in [0.05, 0.1) is 55.4 Å². The molecule has 4 aliphatic rings. The summed E-state index contributed by atoms with van der Waals surface area (Å²) >= 11 is 0. The van der Waals surface area contributed by atoms with Crippen LogP contribution in [0, 0.1) is 6.92 Å². The molecule has 306 valence electrons. The number of nitrogens with one attached hydrogen (secondary N) is 1. The van der Waals surface area contributed by atoms with Crippen LogP contribution in [0.4, 0.5) is 22.7 Å². The lowest BCUT2D eigenvalue weighted by Gasteiger charge is -2.22. The molecule has 0 spiro atoms. The summed E-state index contributed by atoms with van der Waals surface area (Å²) in [6.07, 6.45) is 4.99. The number of amides is 2. The largest absolute Gasteiger partial charge is 0.494 e. The predicted octanol–water partition coefficient (Wildman–Crippen LogP) is 8.17. The number of hydrogen-bond acceptors (Lipinski definition) is 10. The molecule has 2 amide bonds. The van der Waals surface area contributed by atoms with E-state index in [4.69, 9.17) is 28.7 Å². The van der Waals surface area contributed by atoms with Crippen LogP contribution in [-0.2, 0) is 35.6 Å². The van der Waals surface area contributed by atoms with Crippen molar-refractivity contribution in [2.24, 2.45) is 4.99 Å². The van der Waals surface area contributed by atoms with Gasteiger partial charge in [0.15, 0.2) is 11.5 Å². The molecule has 0 bridgehead atoms. The minimum absolute atomic E-state index is 0.00203. The summed E-state index contributed by atoms with van der Waals surface area (Å²) in [5, 5.41) is 3.50. The van der Waals surface area contributed by atoms with Gasteiger partial charge in [-0.1, -0.05) is 36.4 Å². The number of hydrogen-bond donors (Lipinski definition) is 1. The number of carbonyl (C=O) groups is 3. The highest BCUT2D eigenvalue weighted by molar-refractivity contribution is 6.15. The number of esters is 1. The number of para-hydroxylation sites is 2. The molecule has 0 radical (unpaired) electrons. The fourth-order valence-corrected chi connectivity index (χ4v) is 8.58. The van der Waals surface area contributed by atoms with Crippen molar-refractivity contribution >= 4 is 46.7 Å². The Bertz CT molecular complexity index is 2530. The molecule has 0 fully saturated rings. The van der Waals surface area contributed by atoms with Gasteiger partial charge >= 0.3 is 5.97 Å². The lowest BCUT2D eigenvalue weighted by molar-refractivity contribution is -0.140. The summed E-state index contributed by atoms with van der Waals surface area (Å²) in [6, 6.07) is 29.0. The quantitative estimate of drug-likeness (QED) is 0.0926. The Kier molecular flexibility index (Phi) is 10.6. The number of carbonyl (C=O) groups excluding carboxylic acids is 3. The first-order valence-electron chi connectivity index (χ1n) is 20.3. The van der Waals surface area contributed by atoms with Crippen molar-refractivity contribution in [2.75, 3.05) is 42.5 Å². The number of aryl methyl sites for hydroxylation is 1. The summed E-state index contributed by atoms with van der Waals surface area (Å²) in [6.45, 7) is 3.31. The number of aliphatic imine (C=N–C) groups is 1. The van der Waals surface area contributed by atoms with Crippen molar-refractivity contribution in [1.82, 2.24) is 0 Å². The molecule has 0 saturated heterocycles. The molecule has 60 heavy (non-hydrogen) atoms. The first-order chi connectivity index (χ1) is 29.3. The molecule has 0 unspecified atom stereocenters. The molecular weight excluding hydrogens is 761 g/mol. The van der Waals surface area contributed by atoms with Crippen LogP contribution in [0.2, 0.25) is 0 Å². The Labute approximate surface area is 348 Å². The van der Waals surface area contributed by atoms with Crippen LogP contribution >= 0.6 is 0 Å². The lowest BCUT2D eigenvalue weighted by Crippen LogP contribution is -2.39. The van der Waals surface area contributed by atoms with Gasteiger partial charge in [-0.05, 0) is 96.5 Å². The lowest BCUT2D eigenvalue weighted by atomic mass is 10.1. The first-order valence-corrected chi connectivity index (χ1v) is 20.3. The van der Waals surface area contributed by atoms with Crippen LogP contribution in [0.15, 0.2) is 96.0 Å². The monoisotopic (exact) mass is 806 g/mol. The molecule has 1 N–H and O–H groups in total. The molecule has 5 aromatic rings. The predicted molar refractivity (Wildman–Crippen MR) is 229 cm³/mol. The summed E-state index contributed by atoms with van der Waals surface area (Å²) in [7, 11) is 2.95. The van der Waals surface area contributed by atoms with Crippen molar-refractivity contribution in [3.05, 3.63) is 130 Å². The van der Waals surface area contributed by atoms with Gasteiger partial charge in [0, 0.05) is 49.1 Å². The van der Waals surface area contributed by atoms with Gasteiger partial charge in [-0.15, -0.1) is 0 Å². The third-order valence-corrected chi connectivity index (χ3v) is 11.6. The number of ether oxygens (including phenoxy) is 5. The highest BCUT2D eigenvalue weighted by Gasteiger charge is 2.38. The van der Waals surface area contributed by atoms with Crippen LogP contribution in [0.3, 0.4) is 0 Å². The van der Waals surface area contributed by atoms with Crippen LogP contribution < -0.4 is 34.1 Å². The maximum absolute atomic E-state index is 14.0. The molecule has 5 aromatic carbocycles. The zero-order valence-corrected chi connectivity index (χ0v) is 33.9. The average Bonchev–Trinajstić information content (AvgIpc) is 3.76. The van der Waals surface area contributed by atoms with E-state index < -0.39 is 0 Å². The second kappa shape index (κ2) is 16.4. The molecule has 12 heteroatoms. The minimum Gasteiger partial charge on any atom is -0.494 e. The van der Waals surface area contributed by atoms with Crippen LogP contribution in [0.25, 0.3) is 0 Å². The molecule has 2 atom stereocenters. The Morgan fingerprint density at radius 3 is 2.20 bits per heavy atom. The van der Waals surface area contributed by atoms with E-state index >= 15 is 0 Å². The molecule has 9 rings (SSSR count). The zero-order valence-electron chi connectivity index (χ0n) is 33.9. The van der Waals surface area contributed by atoms with Crippen molar-refractivity contribution in [3.8, 4) is 23.0 Å². The second-order valence-electron chi connectivity index (χ2n) is 15.5. The number of fused-ring (bicyclic) bond motifs is 8. The van der Waals surface area contributed by atoms with E-state index in [1.54, 1.807) is 13.2 Å². The van der Waals surface area contributed by atoms with Gasteiger partial charge < -0.3 is 33.9 Å². The second-order valence-corrected chi connectivity index (χ2v) is 15.5. The Balaban J connectivity index is 0.938. The third kappa shape index (κ3) is 7.49. The van der Waals surface area contributed by atoms with Crippen molar-refractivity contribution in [2.45, 2.75) is 64.3 Å². The summed E-state index contributed by atoms with van der Waals surface area (Å²) in [4.78, 5) is 48.0. The van der Waals surface area contributed by atoms with Crippen molar-refractivity contribution in [3.63, 3.8) is 0 Å². The first kappa shape index (κ1) is 38.7. The van der Waals surface area contributed by atoms with Crippen LogP contribution in [0.1, 0.15) is 67.8 Å². The third-order valence-electron chi connectivity index (χ3n) is 11.6. The molecular formula is C48H46N4O8. The van der Waals surface area contributed by atoms with Gasteiger partial charge in [0.1, 0.15) is 24.7 Å². The number of nitrogens with zero attached hydrogens (tertiary/aromatic N) is 3. The van der Waals surface area contributed by atoms with E-state index in [1.807, 2.05) is 95.7 Å².